The van der Waals surface area contributed by atoms with Crippen LogP contribution in [0.3, 0.4) is 0 Å². The van der Waals surface area contributed by atoms with Crippen LogP contribution in [0, 0.1) is 11.3 Å². The molecule has 1 aromatic heterocycles. The predicted octanol–water partition coefficient (Wildman–Crippen LogP) is 3.52. The lowest BCUT2D eigenvalue weighted by Gasteiger charge is -2.11. The van der Waals surface area contributed by atoms with Crippen LogP contribution in [-0.2, 0) is 6.54 Å². The number of benzene rings is 1. The van der Waals surface area contributed by atoms with E-state index in [0.29, 0.717) is 23.2 Å². The molecule has 0 aliphatic heterocycles. The molecule has 0 aliphatic rings. The molecular weight excluding hydrogens is 320 g/mol. The summed E-state index contributed by atoms with van der Waals surface area (Å²) in [5.74, 6) is 0.672. The minimum absolute atomic E-state index is 0.459. The topological polar surface area (TPSA) is 65.3 Å². The lowest BCUT2D eigenvalue weighted by molar-refractivity contribution is 0.178. The smallest absolute Gasteiger partial charge is 0.181 e. The van der Waals surface area contributed by atoms with E-state index in [2.05, 4.69) is 5.32 Å². The lowest BCUT2D eigenvalue weighted by atomic mass is 10.2. The number of ether oxygens (including phenoxy) is 1. The van der Waals surface area contributed by atoms with Crippen molar-refractivity contribution in [3.8, 4) is 11.8 Å². The van der Waals surface area contributed by atoms with E-state index < -0.39 is 12.2 Å². The third kappa shape index (κ3) is 5.00. The quantitative estimate of drug-likeness (QED) is 0.812. The molecule has 22 heavy (non-hydrogen) atoms. The van der Waals surface area contributed by atoms with Crippen LogP contribution in [0.4, 0.5) is 0 Å². The van der Waals surface area contributed by atoms with Crippen molar-refractivity contribution >= 4 is 22.9 Å². The Balaban J connectivity index is 1.78. The fourth-order valence-electron chi connectivity index (χ4n) is 1.88. The van der Waals surface area contributed by atoms with Crippen LogP contribution in [0.5, 0.6) is 5.75 Å². The molecule has 1 heterocycles. The number of aliphatic hydroxyl groups is 1. The average Bonchev–Trinajstić information content (AvgIpc) is 2.95. The SMILES string of the molecule is CC(C#N)Oc1ccc(CNCC(O)c2ccc(Cl)s2)cc1. The maximum absolute atomic E-state index is 10.0. The Labute approximate surface area is 138 Å². The van der Waals surface area contributed by atoms with Gasteiger partial charge in [-0.25, -0.2) is 0 Å². The molecule has 1 aromatic carbocycles. The van der Waals surface area contributed by atoms with Gasteiger partial charge in [0.25, 0.3) is 0 Å². The fourth-order valence-corrected chi connectivity index (χ4v) is 2.92. The van der Waals surface area contributed by atoms with Gasteiger partial charge in [0.15, 0.2) is 6.10 Å². The van der Waals surface area contributed by atoms with Crippen molar-refractivity contribution in [1.29, 1.82) is 5.26 Å². The maximum Gasteiger partial charge on any atom is 0.181 e. The molecule has 116 valence electrons. The molecule has 2 N–H and O–H groups in total. The Hall–Kier alpha value is -1.58. The fraction of sp³-hybridized carbons (Fsp3) is 0.312. The van der Waals surface area contributed by atoms with Gasteiger partial charge in [-0.2, -0.15) is 5.26 Å². The zero-order valence-electron chi connectivity index (χ0n) is 12.1. The van der Waals surface area contributed by atoms with Gasteiger partial charge in [0, 0.05) is 18.0 Å². The molecule has 0 radical (unpaired) electrons. The minimum Gasteiger partial charge on any atom is -0.476 e. The van der Waals surface area contributed by atoms with Crippen LogP contribution in [-0.4, -0.2) is 17.8 Å². The highest BCUT2D eigenvalue weighted by molar-refractivity contribution is 7.16. The molecule has 2 aromatic rings. The number of rotatable bonds is 7. The molecular formula is C16H17ClN2O2S. The van der Waals surface area contributed by atoms with Crippen molar-refractivity contribution in [1.82, 2.24) is 5.32 Å². The van der Waals surface area contributed by atoms with Gasteiger partial charge in [-0.1, -0.05) is 23.7 Å². The van der Waals surface area contributed by atoms with E-state index in [1.165, 1.54) is 11.3 Å². The zero-order valence-corrected chi connectivity index (χ0v) is 13.7. The molecule has 0 saturated heterocycles. The van der Waals surface area contributed by atoms with Gasteiger partial charge in [0.1, 0.15) is 17.9 Å². The standard InChI is InChI=1S/C16H17ClN2O2S/c1-11(8-18)21-13-4-2-12(3-5-13)9-19-10-14(20)15-6-7-16(17)22-15/h2-7,11,14,19-20H,9-10H2,1H3. The van der Waals surface area contributed by atoms with Gasteiger partial charge in [0.05, 0.1) is 4.34 Å². The minimum atomic E-state index is -0.559. The highest BCUT2D eigenvalue weighted by Crippen LogP contribution is 2.26. The normalized spacial score (nSPS) is 13.4. The van der Waals surface area contributed by atoms with Crippen molar-refractivity contribution in [3.63, 3.8) is 0 Å². The van der Waals surface area contributed by atoms with Crippen LogP contribution in [0.2, 0.25) is 4.34 Å². The first-order valence-corrected chi connectivity index (χ1v) is 8.07. The van der Waals surface area contributed by atoms with Crippen LogP contribution in [0.1, 0.15) is 23.5 Å². The van der Waals surface area contributed by atoms with Crippen molar-refractivity contribution in [3.05, 3.63) is 51.2 Å². The van der Waals surface area contributed by atoms with Crippen LogP contribution >= 0.6 is 22.9 Å². The summed E-state index contributed by atoms with van der Waals surface area (Å²) in [5, 5.41) is 21.9. The molecule has 4 nitrogen and oxygen atoms in total. The van der Waals surface area contributed by atoms with E-state index in [1.54, 1.807) is 13.0 Å². The molecule has 0 spiro atoms. The molecule has 2 unspecified atom stereocenters. The number of nitriles is 1. The average molecular weight is 337 g/mol. The van der Waals surface area contributed by atoms with Gasteiger partial charge in [-0.15, -0.1) is 11.3 Å². The highest BCUT2D eigenvalue weighted by Gasteiger charge is 2.09. The molecule has 0 saturated carbocycles. The van der Waals surface area contributed by atoms with E-state index in [0.717, 1.165) is 10.4 Å². The van der Waals surface area contributed by atoms with E-state index in [9.17, 15) is 5.11 Å². The van der Waals surface area contributed by atoms with Crippen LogP contribution < -0.4 is 10.1 Å². The second-order valence-corrected chi connectivity index (χ2v) is 6.57. The Kier molecular flexibility index (Phi) is 6.22. The molecule has 2 rings (SSSR count). The van der Waals surface area contributed by atoms with Gasteiger partial charge < -0.3 is 15.2 Å². The summed E-state index contributed by atoms with van der Waals surface area (Å²) in [6.45, 7) is 2.80. The molecule has 6 heteroatoms. The van der Waals surface area contributed by atoms with Gasteiger partial charge in [0.2, 0.25) is 0 Å². The summed E-state index contributed by atoms with van der Waals surface area (Å²) in [6.07, 6.45) is -1.02. The monoisotopic (exact) mass is 336 g/mol. The Morgan fingerprint density at radius 2 is 2.05 bits per heavy atom. The number of hydrogen-bond acceptors (Lipinski definition) is 5. The predicted molar refractivity (Wildman–Crippen MR) is 88.1 cm³/mol. The second-order valence-electron chi connectivity index (χ2n) is 4.82. The molecule has 2 atom stereocenters. The Morgan fingerprint density at radius 1 is 1.32 bits per heavy atom. The lowest BCUT2D eigenvalue weighted by Crippen LogP contribution is -2.20. The van der Waals surface area contributed by atoms with Crippen LogP contribution in [0.25, 0.3) is 0 Å². The second kappa shape index (κ2) is 8.16. The molecule has 0 aliphatic carbocycles. The molecule has 0 amide bonds. The number of hydrogen-bond donors (Lipinski definition) is 2. The van der Waals surface area contributed by atoms with E-state index in [-0.39, 0.29) is 0 Å². The largest absolute Gasteiger partial charge is 0.476 e. The number of thiophene rings is 1. The highest BCUT2D eigenvalue weighted by atomic mass is 35.5. The summed E-state index contributed by atoms with van der Waals surface area (Å²) in [6, 6.07) is 13.2. The Bertz CT molecular complexity index is 636. The maximum atomic E-state index is 10.0. The first kappa shape index (κ1) is 16.8. The summed E-state index contributed by atoms with van der Waals surface area (Å²) in [5.41, 5.74) is 1.08. The van der Waals surface area contributed by atoms with E-state index in [4.69, 9.17) is 21.6 Å². The zero-order chi connectivity index (χ0) is 15.9. The first-order chi connectivity index (χ1) is 10.6. The van der Waals surface area contributed by atoms with Crippen molar-refractivity contribution in [2.75, 3.05) is 6.54 Å². The number of nitrogens with one attached hydrogen (secondary N) is 1. The third-order valence-electron chi connectivity index (χ3n) is 3.01. The Morgan fingerprint density at radius 3 is 2.64 bits per heavy atom. The van der Waals surface area contributed by atoms with Gasteiger partial charge in [-0.05, 0) is 36.8 Å². The summed E-state index contributed by atoms with van der Waals surface area (Å²) in [4.78, 5) is 0.853. The van der Waals surface area contributed by atoms with E-state index >= 15 is 0 Å². The van der Waals surface area contributed by atoms with Crippen molar-refractivity contribution < 1.29 is 9.84 Å². The van der Waals surface area contributed by atoms with Crippen molar-refractivity contribution in [2.45, 2.75) is 25.7 Å². The van der Waals surface area contributed by atoms with Crippen molar-refractivity contribution in [2.24, 2.45) is 0 Å². The molecule has 0 fully saturated rings. The summed E-state index contributed by atoms with van der Waals surface area (Å²) in [7, 11) is 0. The third-order valence-corrected chi connectivity index (χ3v) is 4.34. The van der Waals surface area contributed by atoms with E-state index in [1.807, 2.05) is 36.4 Å². The van der Waals surface area contributed by atoms with Gasteiger partial charge >= 0.3 is 0 Å². The number of aliphatic hydroxyl groups excluding tert-OH is 1. The first-order valence-electron chi connectivity index (χ1n) is 6.87. The number of nitrogens with zero attached hydrogens (tertiary/aromatic N) is 1. The van der Waals surface area contributed by atoms with Crippen LogP contribution in [0.15, 0.2) is 36.4 Å². The molecule has 0 bridgehead atoms. The number of halogens is 1. The summed E-state index contributed by atoms with van der Waals surface area (Å²) >= 11 is 7.24. The summed E-state index contributed by atoms with van der Waals surface area (Å²) < 4.78 is 6.07. The van der Waals surface area contributed by atoms with Gasteiger partial charge in [-0.3, -0.25) is 0 Å².